The van der Waals surface area contributed by atoms with E-state index in [0.717, 1.165) is 37.1 Å². The number of carboxylic acids is 1. The van der Waals surface area contributed by atoms with Crippen LogP contribution < -0.4 is 10.1 Å². The highest BCUT2D eigenvalue weighted by Crippen LogP contribution is 2.33. The number of carbonyl (C=O) groups is 2. The van der Waals surface area contributed by atoms with Gasteiger partial charge in [-0.25, -0.2) is 4.79 Å². The highest BCUT2D eigenvalue weighted by molar-refractivity contribution is 5.96. The predicted molar refractivity (Wildman–Crippen MR) is 69.4 cm³/mol. The Kier molecular flexibility index (Phi) is 4.58. The molecule has 0 saturated heterocycles. The smallest absolute Gasteiger partial charge is 0.480 e. The number of rotatable bonds is 6. The minimum absolute atomic E-state index is 0.0663. The Morgan fingerprint density at radius 2 is 1.86 bits per heavy atom. The topological polar surface area (TPSA) is 75.6 Å². The fourth-order valence-electron chi connectivity index (χ4n) is 1.96. The Balaban J connectivity index is 1.97. The second-order valence-electron chi connectivity index (χ2n) is 5.12. The number of carboxylic acid groups (broad SMARTS) is 1. The summed E-state index contributed by atoms with van der Waals surface area (Å²) in [6.45, 7) is 0. The first-order chi connectivity index (χ1) is 10.2. The minimum atomic E-state index is -4.80. The van der Waals surface area contributed by atoms with Gasteiger partial charge in [0, 0.05) is 5.56 Å². The molecule has 1 aromatic rings. The molecular weight excluding hydrogens is 303 g/mol. The van der Waals surface area contributed by atoms with Gasteiger partial charge in [-0.15, -0.1) is 13.2 Å². The molecule has 1 amide bonds. The molecule has 1 unspecified atom stereocenters. The molecular formula is C14H14F3NO4. The summed E-state index contributed by atoms with van der Waals surface area (Å²) in [5.74, 6) is -1.91. The number of aliphatic carboxylic acids is 1. The third-order valence-electron chi connectivity index (χ3n) is 3.22. The number of hydrogen-bond donors (Lipinski definition) is 2. The lowest BCUT2D eigenvalue weighted by molar-refractivity contribution is -0.274. The molecule has 0 aliphatic heterocycles. The lowest BCUT2D eigenvalue weighted by atomic mass is 10.1. The summed E-state index contributed by atoms with van der Waals surface area (Å²) in [7, 11) is 0. The average Bonchev–Trinajstić information content (AvgIpc) is 3.20. The van der Waals surface area contributed by atoms with E-state index in [9.17, 15) is 22.8 Å². The quantitative estimate of drug-likeness (QED) is 0.845. The molecule has 1 fully saturated rings. The molecule has 0 radical (unpaired) electrons. The van der Waals surface area contributed by atoms with Crippen LogP contribution in [-0.2, 0) is 4.79 Å². The van der Waals surface area contributed by atoms with Crippen molar-refractivity contribution >= 4 is 11.9 Å². The number of ether oxygens (including phenoxy) is 1. The molecule has 2 N–H and O–H groups in total. The maximum atomic E-state index is 12.0. The lowest BCUT2D eigenvalue weighted by Crippen LogP contribution is -2.41. The Bertz CT molecular complexity index is 552. The van der Waals surface area contributed by atoms with Crippen LogP contribution in [0.5, 0.6) is 5.75 Å². The fraction of sp³-hybridized carbons (Fsp3) is 0.429. The minimum Gasteiger partial charge on any atom is -0.480 e. The maximum Gasteiger partial charge on any atom is 0.573 e. The zero-order chi connectivity index (χ0) is 16.3. The Morgan fingerprint density at radius 3 is 2.32 bits per heavy atom. The van der Waals surface area contributed by atoms with Crippen molar-refractivity contribution in [3.63, 3.8) is 0 Å². The van der Waals surface area contributed by atoms with E-state index in [1.54, 1.807) is 0 Å². The van der Waals surface area contributed by atoms with Crippen LogP contribution in [0, 0.1) is 5.92 Å². The first-order valence-electron chi connectivity index (χ1n) is 6.64. The first-order valence-corrected chi connectivity index (χ1v) is 6.64. The van der Waals surface area contributed by atoms with E-state index in [0.29, 0.717) is 12.3 Å². The van der Waals surface area contributed by atoms with E-state index in [1.165, 1.54) is 0 Å². The van der Waals surface area contributed by atoms with Crippen LogP contribution in [0.3, 0.4) is 0 Å². The standard InChI is InChI=1S/C14H14F3NO4/c15-14(16,17)22-10-5-3-9(4-6-10)12(19)18-11(13(20)21)7-8-1-2-8/h3-6,8,11H,1-2,7H2,(H,18,19)(H,20,21). The third kappa shape index (κ3) is 4.94. The SMILES string of the molecule is O=C(NC(CC1CC1)C(=O)O)c1ccc(OC(F)(F)F)cc1. The third-order valence-corrected chi connectivity index (χ3v) is 3.22. The van der Waals surface area contributed by atoms with Crippen molar-refractivity contribution in [2.24, 2.45) is 5.92 Å². The Hall–Kier alpha value is -2.25. The second kappa shape index (κ2) is 6.25. The monoisotopic (exact) mass is 317 g/mol. The van der Waals surface area contributed by atoms with Gasteiger partial charge in [-0.1, -0.05) is 12.8 Å². The fourth-order valence-corrected chi connectivity index (χ4v) is 1.96. The van der Waals surface area contributed by atoms with Gasteiger partial charge in [0.1, 0.15) is 11.8 Å². The molecule has 120 valence electrons. The van der Waals surface area contributed by atoms with Crippen LogP contribution >= 0.6 is 0 Å². The Labute approximate surface area is 124 Å². The summed E-state index contributed by atoms with van der Waals surface area (Å²) in [4.78, 5) is 23.0. The van der Waals surface area contributed by atoms with Crippen LogP contribution in [0.1, 0.15) is 29.6 Å². The van der Waals surface area contributed by atoms with E-state index in [2.05, 4.69) is 10.1 Å². The largest absolute Gasteiger partial charge is 0.573 e. The van der Waals surface area contributed by atoms with Crippen molar-refractivity contribution in [1.82, 2.24) is 5.32 Å². The zero-order valence-corrected chi connectivity index (χ0v) is 11.4. The number of alkyl halides is 3. The van der Waals surface area contributed by atoms with Gasteiger partial charge < -0.3 is 15.2 Å². The van der Waals surface area contributed by atoms with E-state index < -0.39 is 30.0 Å². The number of carbonyl (C=O) groups excluding carboxylic acids is 1. The maximum absolute atomic E-state index is 12.0. The molecule has 0 bridgehead atoms. The van der Waals surface area contributed by atoms with Gasteiger partial charge in [-0.2, -0.15) is 0 Å². The zero-order valence-electron chi connectivity index (χ0n) is 11.4. The lowest BCUT2D eigenvalue weighted by Gasteiger charge is -2.14. The number of halogens is 3. The van der Waals surface area contributed by atoms with Crippen LogP contribution in [0.2, 0.25) is 0 Å². The molecule has 0 heterocycles. The number of benzene rings is 1. The number of amides is 1. The highest BCUT2D eigenvalue weighted by Gasteiger charge is 2.32. The summed E-state index contributed by atoms with van der Waals surface area (Å²) in [6.07, 6.45) is -2.55. The number of nitrogens with one attached hydrogen (secondary N) is 1. The average molecular weight is 317 g/mol. The number of hydrogen-bond acceptors (Lipinski definition) is 3. The molecule has 1 aliphatic carbocycles. The summed E-state index contributed by atoms with van der Waals surface area (Å²) >= 11 is 0. The van der Waals surface area contributed by atoms with Crippen molar-refractivity contribution in [3.8, 4) is 5.75 Å². The van der Waals surface area contributed by atoms with Crippen molar-refractivity contribution in [2.75, 3.05) is 0 Å². The molecule has 8 heteroatoms. The molecule has 1 aromatic carbocycles. The van der Waals surface area contributed by atoms with E-state index >= 15 is 0 Å². The van der Waals surface area contributed by atoms with E-state index in [-0.39, 0.29) is 5.56 Å². The van der Waals surface area contributed by atoms with Crippen LogP contribution in [0.15, 0.2) is 24.3 Å². The molecule has 0 spiro atoms. The summed E-state index contributed by atoms with van der Waals surface area (Å²) in [6, 6.07) is 3.29. The van der Waals surface area contributed by atoms with Crippen molar-refractivity contribution in [3.05, 3.63) is 29.8 Å². The second-order valence-corrected chi connectivity index (χ2v) is 5.12. The highest BCUT2D eigenvalue weighted by atomic mass is 19.4. The van der Waals surface area contributed by atoms with Crippen molar-refractivity contribution < 1.29 is 32.6 Å². The van der Waals surface area contributed by atoms with Gasteiger partial charge in [-0.05, 0) is 36.6 Å². The molecule has 22 heavy (non-hydrogen) atoms. The molecule has 1 aliphatic rings. The summed E-state index contributed by atoms with van der Waals surface area (Å²) < 4.78 is 39.8. The van der Waals surface area contributed by atoms with Gasteiger partial charge in [0.05, 0.1) is 0 Å². The van der Waals surface area contributed by atoms with Gasteiger partial charge >= 0.3 is 12.3 Å². The van der Waals surface area contributed by atoms with E-state index in [1.807, 2.05) is 0 Å². The summed E-state index contributed by atoms with van der Waals surface area (Å²) in [5.41, 5.74) is 0.0663. The Morgan fingerprint density at radius 1 is 1.27 bits per heavy atom. The molecule has 0 aromatic heterocycles. The van der Waals surface area contributed by atoms with Gasteiger partial charge in [0.25, 0.3) is 5.91 Å². The first kappa shape index (κ1) is 16.1. The van der Waals surface area contributed by atoms with Gasteiger partial charge in [0.15, 0.2) is 0 Å². The molecule has 2 rings (SSSR count). The van der Waals surface area contributed by atoms with E-state index in [4.69, 9.17) is 5.11 Å². The van der Waals surface area contributed by atoms with Crippen molar-refractivity contribution in [2.45, 2.75) is 31.7 Å². The van der Waals surface area contributed by atoms with Gasteiger partial charge in [-0.3, -0.25) is 4.79 Å². The summed E-state index contributed by atoms with van der Waals surface area (Å²) in [5, 5.41) is 11.4. The van der Waals surface area contributed by atoms with Gasteiger partial charge in [0.2, 0.25) is 0 Å². The molecule has 1 saturated carbocycles. The van der Waals surface area contributed by atoms with Crippen LogP contribution in [-0.4, -0.2) is 29.4 Å². The predicted octanol–water partition coefficient (Wildman–Crippen LogP) is 2.57. The normalized spacial score (nSPS) is 16.0. The molecule has 1 atom stereocenters. The van der Waals surface area contributed by atoms with Crippen LogP contribution in [0.25, 0.3) is 0 Å². The van der Waals surface area contributed by atoms with Crippen molar-refractivity contribution in [1.29, 1.82) is 0 Å². The van der Waals surface area contributed by atoms with Crippen LogP contribution in [0.4, 0.5) is 13.2 Å². The molecule has 5 nitrogen and oxygen atoms in total.